The molecule has 0 spiro atoms. The third-order valence-electron chi connectivity index (χ3n) is 2.78. The van der Waals surface area contributed by atoms with E-state index in [1.807, 2.05) is 18.3 Å². The highest BCUT2D eigenvalue weighted by Gasteiger charge is 2.29. The third kappa shape index (κ3) is 1.46. The van der Waals surface area contributed by atoms with E-state index in [0.29, 0.717) is 13.0 Å². The summed E-state index contributed by atoms with van der Waals surface area (Å²) in [5.74, 6) is 0.0664. The molecule has 2 aromatic heterocycles. The highest BCUT2D eigenvalue weighted by Crippen LogP contribution is 2.25. The second kappa shape index (κ2) is 3.49. The number of rotatable bonds is 1. The van der Waals surface area contributed by atoms with Gasteiger partial charge in [-0.3, -0.25) is 4.79 Å². The Balaban J connectivity index is 2.02. The van der Waals surface area contributed by atoms with Gasteiger partial charge < -0.3 is 9.88 Å². The zero-order valence-corrected chi connectivity index (χ0v) is 9.24. The van der Waals surface area contributed by atoms with Gasteiger partial charge in [0.1, 0.15) is 5.65 Å². The lowest BCUT2D eigenvalue weighted by Crippen LogP contribution is -2.24. The van der Waals surface area contributed by atoms with Crippen molar-refractivity contribution < 1.29 is 4.79 Å². The van der Waals surface area contributed by atoms with Crippen LogP contribution >= 0.6 is 11.6 Å². The molecular weight excluding hydrogens is 226 g/mol. The predicted molar refractivity (Wildman–Crippen MR) is 62.7 cm³/mol. The van der Waals surface area contributed by atoms with Crippen molar-refractivity contribution >= 4 is 34.2 Å². The highest BCUT2D eigenvalue weighted by molar-refractivity contribution is 6.24. The standard InChI is InChI=1S/C11H10ClN3O/c12-8-4-10(16)15(6-8)9-3-7-1-2-13-11(7)14-5-9/h1-3,5,8H,4,6H2,(H,13,14). The lowest BCUT2D eigenvalue weighted by molar-refractivity contribution is -0.117. The molecule has 16 heavy (non-hydrogen) atoms. The monoisotopic (exact) mass is 235 g/mol. The van der Waals surface area contributed by atoms with Crippen molar-refractivity contribution in [3.63, 3.8) is 0 Å². The summed E-state index contributed by atoms with van der Waals surface area (Å²) >= 11 is 5.96. The van der Waals surface area contributed by atoms with E-state index in [0.717, 1.165) is 16.7 Å². The molecule has 1 saturated heterocycles. The zero-order chi connectivity index (χ0) is 11.1. The number of H-pyrrole nitrogens is 1. The van der Waals surface area contributed by atoms with Gasteiger partial charge in [-0.15, -0.1) is 11.6 Å². The lowest BCUT2D eigenvalue weighted by atomic mass is 10.3. The SMILES string of the molecule is O=C1CC(Cl)CN1c1cnc2[nH]ccc2c1. The van der Waals surface area contributed by atoms with Crippen molar-refractivity contribution in [2.75, 3.05) is 11.4 Å². The van der Waals surface area contributed by atoms with Gasteiger partial charge in [-0.05, 0) is 12.1 Å². The molecule has 0 aliphatic carbocycles. The maximum atomic E-state index is 11.7. The van der Waals surface area contributed by atoms with E-state index in [1.54, 1.807) is 11.1 Å². The topological polar surface area (TPSA) is 49.0 Å². The fraction of sp³-hybridized carbons (Fsp3) is 0.273. The number of hydrogen-bond donors (Lipinski definition) is 1. The minimum Gasteiger partial charge on any atom is -0.346 e. The molecule has 1 unspecified atom stereocenters. The number of carbonyl (C=O) groups excluding carboxylic acids is 1. The number of nitrogens with one attached hydrogen (secondary N) is 1. The van der Waals surface area contributed by atoms with Crippen molar-refractivity contribution in [2.45, 2.75) is 11.8 Å². The molecule has 3 rings (SSSR count). The molecule has 4 nitrogen and oxygen atoms in total. The van der Waals surface area contributed by atoms with Crippen LogP contribution in [0.25, 0.3) is 11.0 Å². The van der Waals surface area contributed by atoms with Gasteiger partial charge >= 0.3 is 0 Å². The largest absolute Gasteiger partial charge is 0.346 e. The Morgan fingerprint density at radius 2 is 2.44 bits per heavy atom. The van der Waals surface area contributed by atoms with Gasteiger partial charge in [0.05, 0.1) is 17.3 Å². The first-order valence-electron chi connectivity index (χ1n) is 5.11. The Labute approximate surface area is 97.2 Å². The first-order chi connectivity index (χ1) is 7.74. The minimum atomic E-state index is -0.0885. The quantitative estimate of drug-likeness (QED) is 0.768. The molecule has 0 saturated carbocycles. The molecule has 0 bridgehead atoms. The maximum Gasteiger partial charge on any atom is 0.228 e. The average molecular weight is 236 g/mol. The van der Waals surface area contributed by atoms with Crippen LogP contribution in [0, 0.1) is 0 Å². The Kier molecular flexibility index (Phi) is 2.11. The zero-order valence-electron chi connectivity index (χ0n) is 8.48. The van der Waals surface area contributed by atoms with Crippen molar-refractivity contribution in [1.82, 2.24) is 9.97 Å². The average Bonchev–Trinajstić information content (AvgIpc) is 2.83. The molecule has 5 heteroatoms. The summed E-state index contributed by atoms with van der Waals surface area (Å²) in [6.45, 7) is 0.567. The van der Waals surface area contributed by atoms with E-state index in [2.05, 4.69) is 9.97 Å². The highest BCUT2D eigenvalue weighted by atomic mass is 35.5. The minimum absolute atomic E-state index is 0.0664. The third-order valence-corrected chi connectivity index (χ3v) is 3.07. The van der Waals surface area contributed by atoms with Crippen LogP contribution < -0.4 is 4.90 Å². The summed E-state index contributed by atoms with van der Waals surface area (Å²) in [6, 6.07) is 3.89. The van der Waals surface area contributed by atoms with Gasteiger partial charge in [-0.1, -0.05) is 0 Å². The summed E-state index contributed by atoms with van der Waals surface area (Å²) < 4.78 is 0. The van der Waals surface area contributed by atoms with Crippen LogP contribution in [0.15, 0.2) is 24.5 Å². The van der Waals surface area contributed by atoms with Crippen molar-refractivity contribution in [2.24, 2.45) is 0 Å². The number of carbonyl (C=O) groups is 1. The maximum absolute atomic E-state index is 11.7. The first-order valence-corrected chi connectivity index (χ1v) is 5.55. The van der Waals surface area contributed by atoms with Crippen LogP contribution in [0.1, 0.15) is 6.42 Å². The molecule has 1 aliphatic heterocycles. The fourth-order valence-corrected chi connectivity index (χ4v) is 2.26. The Morgan fingerprint density at radius 1 is 1.56 bits per heavy atom. The Hall–Kier alpha value is -1.55. The normalized spacial score (nSPS) is 20.9. The van der Waals surface area contributed by atoms with Crippen LogP contribution in [0.4, 0.5) is 5.69 Å². The number of pyridine rings is 1. The van der Waals surface area contributed by atoms with Gasteiger partial charge in [-0.25, -0.2) is 4.98 Å². The van der Waals surface area contributed by atoms with E-state index >= 15 is 0 Å². The van der Waals surface area contributed by atoms with E-state index in [4.69, 9.17) is 11.6 Å². The van der Waals surface area contributed by atoms with Crippen molar-refractivity contribution in [1.29, 1.82) is 0 Å². The number of aromatic amines is 1. The summed E-state index contributed by atoms with van der Waals surface area (Å²) in [5, 5.41) is 0.915. The van der Waals surface area contributed by atoms with Gasteiger partial charge in [0.2, 0.25) is 5.91 Å². The van der Waals surface area contributed by atoms with Gasteiger partial charge in [0.15, 0.2) is 0 Å². The molecular formula is C11H10ClN3O. The summed E-state index contributed by atoms with van der Waals surface area (Å²) in [6.07, 6.45) is 3.94. The smallest absolute Gasteiger partial charge is 0.228 e. The molecule has 1 N–H and O–H groups in total. The fourth-order valence-electron chi connectivity index (χ4n) is 1.99. The number of hydrogen-bond acceptors (Lipinski definition) is 2. The lowest BCUT2D eigenvalue weighted by Gasteiger charge is -2.15. The van der Waals surface area contributed by atoms with Gasteiger partial charge in [0, 0.05) is 24.5 Å². The second-order valence-electron chi connectivity index (χ2n) is 3.91. The second-order valence-corrected chi connectivity index (χ2v) is 4.53. The van der Waals surface area contributed by atoms with Crippen LogP contribution in [0.5, 0.6) is 0 Å². The first kappa shape index (κ1) is 9.66. The summed E-state index contributed by atoms with van der Waals surface area (Å²) in [4.78, 5) is 20.6. The van der Waals surface area contributed by atoms with E-state index in [9.17, 15) is 4.79 Å². The Morgan fingerprint density at radius 3 is 3.19 bits per heavy atom. The predicted octanol–water partition coefficient (Wildman–Crippen LogP) is 1.91. The number of fused-ring (bicyclic) bond motifs is 1. The van der Waals surface area contributed by atoms with Crippen LogP contribution in [0.2, 0.25) is 0 Å². The number of alkyl halides is 1. The molecule has 1 aliphatic rings. The van der Waals surface area contributed by atoms with E-state index in [-0.39, 0.29) is 11.3 Å². The number of aromatic nitrogens is 2. The van der Waals surface area contributed by atoms with E-state index < -0.39 is 0 Å². The molecule has 1 fully saturated rings. The summed E-state index contributed by atoms with van der Waals surface area (Å²) in [7, 11) is 0. The molecule has 82 valence electrons. The molecule has 1 amide bonds. The van der Waals surface area contributed by atoms with Gasteiger partial charge in [-0.2, -0.15) is 0 Å². The Bertz CT molecular complexity index is 551. The van der Waals surface area contributed by atoms with Gasteiger partial charge in [0.25, 0.3) is 0 Å². The number of halogens is 1. The van der Waals surface area contributed by atoms with Crippen LogP contribution in [0.3, 0.4) is 0 Å². The van der Waals surface area contributed by atoms with E-state index in [1.165, 1.54) is 0 Å². The molecule has 2 aromatic rings. The molecule has 3 heterocycles. The summed E-state index contributed by atoms with van der Waals surface area (Å²) in [5.41, 5.74) is 1.65. The number of amides is 1. The number of anilines is 1. The van der Waals surface area contributed by atoms with Crippen LogP contribution in [-0.4, -0.2) is 27.8 Å². The number of nitrogens with zero attached hydrogens (tertiary/aromatic N) is 2. The molecule has 1 atom stereocenters. The molecule has 0 radical (unpaired) electrons. The van der Waals surface area contributed by atoms with Crippen LogP contribution in [-0.2, 0) is 4.79 Å². The van der Waals surface area contributed by atoms with Crippen molar-refractivity contribution in [3.05, 3.63) is 24.5 Å². The molecule has 0 aromatic carbocycles. The van der Waals surface area contributed by atoms with Crippen molar-refractivity contribution in [3.8, 4) is 0 Å².